The van der Waals surface area contributed by atoms with Crippen molar-refractivity contribution < 1.29 is 44.8 Å². The minimum absolute atomic E-state index is 0.0563. The van der Waals surface area contributed by atoms with Crippen LogP contribution in [0, 0.1) is 0 Å². The number of carbonyl (C=O) groups excluding carboxylic acids is 2. The zero-order valence-corrected chi connectivity index (χ0v) is 15.4. The van der Waals surface area contributed by atoms with Crippen LogP contribution >= 0.6 is 0 Å². The standard InChI is InChI=1S/C16H16F3NO7S/c1-25-14(21)12-9-20(15(22)26-10-11-5-3-2-4-6-11)8-7-13(12)27-28(23,24)16(17,18)19/h2-6H,7-10H2,1H3. The van der Waals surface area contributed by atoms with Crippen LogP contribution in [0.5, 0.6) is 0 Å². The number of halogens is 3. The van der Waals surface area contributed by atoms with Gasteiger partial charge in [-0.05, 0) is 5.56 Å². The van der Waals surface area contributed by atoms with Gasteiger partial charge in [0.15, 0.2) is 0 Å². The molecule has 0 saturated carbocycles. The molecule has 8 nitrogen and oxygen atoms in total. The van der Waals surface area contributed by atoms with Crippen molar-refractivity contribution in [3.05, 3.63) is 47.2 Å². The molecule has 1 aliphatic rings. The second-order valence-corrected chi connectivity index (χ2v) is 7.13. The Morgan fingerprint density at radius 2 is 1.82 bits per heavy atom. The number of amides is 1. The maximum absolute atomic E-state index is 12.5. The van der Waals surface area contributed by atoms with Crippen molar-refractivity contribution in [2.75, 3.05) is 20.2 Å². The predicted octanol–water partition coefficient (Wildman–Crippen LogP) is 2.32. The van der Waals surface area contributed by atoms with Crippen molar-refractivity contribution in [2.24, 2.45) is 0 Å². The topological polar surface area (TPSA) is 99.2 Å². The zero-order valence-electron chi connectivity index (χ0n) is 14.6. The first kappa shape index (κ1) is 21.5. The molecule has 154 valence electrons. The largest absolute Gasteiger partial charge is 0.534 e. The summed E-state index contributed by atoms with van der Waals surface area (Å²) in [5.74, 6) is -1.84. The quantitative estimate of drug-likeness (QED) is 0.407. The highest BCUT2D eigenvalue weighted by Crippen LogP contribution is 2.30. The monoisotopic (exact) mass is 423 g/mol. The van der Waals surface area contributed by atoms with Gasteiger partial charge in [-0.1, -0.05) is 30.3 Å². The van der Waals surface area contributed by atoms with Crippen LogP contribution in [0.2, 0.25) is 0 Å². The van der Waals surface area contributed by atoms with Crippen LogP contribution in [-0.2, 0) is 35.2 Å². The lowest BCUT2D eigenvalue weighted by molar-refractivity contribution is -0.136. The van der Waals surface area contributed by atoms with Gasteiger partial charge in [-0.15, -0.1) is 0 Å². The van der Waals surface area contributed by atoms with Gasteiger partial charge < -0.3 is 18.6 Å². The molecule has 0 radical (unpaired) electrons. The molecule has 2 rings (SSSR count). The van der Waals surface area contributed by atoms with Crippen LogP contribution in [0.3, 0.4) is 0 Å². The van der Waals surface area contributed by atoms with E-state index < -0.39 is 52.0 Å². The molecule has 1 aromatic carbocycles. The van der Waals surface area contributed by atoms with Crippen molar-refractivity contribution in [1.82, 2.24) is 4.90 Å². The molecule has 0 aliphatic carbocycles. The van der Waals surface area contributed by atoms with Crippen LogP contribution in [0.1, 0.15) is 12.0 Å². The number of benzene rings is 1. The Morgan fingerprint density at radius 3 is 2.39 bits per heavy atom. The molecular formula is C16H16F3NO7S. The van der Waals surface area contributed by atoms with E-state index >= 15 is 0 Å². The first-order chi connectivity index (χ1) is 13.0. The number of carbonyl (C=O) groups is 2. The van der Waals surface area contributed by atoms with Gasteiger partial charge in [0.25, 0.3) is 0 Å². The number of ether oxygens (including phenoxy) is 2. The molecule has 0 saturated heterocycles. The molecule has 0 aromatic heterocycles. The Hall–Kier alpha value is -2.76. The summed E-state index contributed by atoms with van der Waals surface area (Å²) in [5, 5.41) is 0. The molecule has 0 fully saturated rings. The van der Waals surface area contributed by atoms with Gasteiger partial charge in [-0.3, -0.25) is 0 Å². The molecule has 1 heterocycles. The van der Waals surface area contributed by atoms with Crippen LogP contribution < -0.4 is 0 Å². The molecule has 0 atom stereocenters. The van der Waals surface area contributed by atoms with Crippen molar-refractivity contribution in [3.8, 4) is 0 Å². The lowest BCUT2D eigenvalue weighted by Crippen LogP contribution is -2.40. The Bertz CT molecular complexity index is 866. The first-order valence-electron chi connectivity index (χ1n) is 7.82. The summed E-state index contributed by atoms with van der Waals surface area (Å²) >= 11 is 0. The number of hydrogen-bond acceptors (Lipinski definition) is 7. The van der Waals surface area contributed by atoms with Crippen molar-refractivity contribution >= 4 is 22.2 Å². The zero-order chi connectivity index (χ0) is 20.9. The normalized spacial score (nSPS) is 15.2. The first-order valence-corrected chi connectivity index (χ1v) is 9.22. The Morgan fingerprint density at radius 1 is 1.18 bits per heavy atom. The van der Waals surface area contributed by atoms with Crippen LogP contribution in [0.4, 0.5) is 18.0 Å². The van der Waals surface area contributed by atoms with Crippen LogP contribution in [-0.4, -0.2) is 51.1 Å². The third-order valence-electron chi connectivity index (χ3n) is 3.68. The summed E-state index contributed by atoms with van der Waals surface area (Å²) in [5.41, 5.74) is -5.47. The van der Waals surface area contributed by atoms with E-state index in [4.69, 9.17) is 4.74 Å². The Balaban J connectivity index is 2.14. The van der Waals surface area contributed by atoms with Crippen molar-refractivity contribution in [1.29, 1.82) is 0 Å². The number of methoxy groups -OCH3 is 1. The fourth-order valence-corrected chi connectivity index (χ4v) is 2.83. The number of hydrogen-bond donors (Lipinski definition) is 0. The Kier molecular flexibility index (Phi) is 6.54. The third-order valence-corrected chi connectivity index (χ3v) is 4.67. The van der Waals surface area contributed by atoms with E-state index in [9.17, 15) is 31.2 Å². The fraction of sp³-hybridized carbons (Fsp3) is 0.375. The summed E-state index contributed by atoms with van der Waals surface area (Å²) < 4.78 is 73.6. The summed E-state index contributed by atoms with van der Waals surface area (Å²) in [6, 6.07) is 8.70. The molecule has 0 N–H and O–H groups in total. The maximum Gasteiger partial charge on any atom is 0.534 e. The van der Waals surface area contributed by atoms with E-state index in [0.717, 1.165) is 12.0 Å². The number of alkyl halides is 3. The smallest absolute Gasteiger partial charge is 0.466 e. The van der Waals surface area contributed by atoms with E-state index in [2.05, 4.69) is 8.92 Å². The molecule has 1 amide bonds. The molecule has 1 aromatic rings. The van der Waals surface area contributed by atoms with Crippen molar-refractivity contribution in [3.63, 3.8) is 0 Å². The highest BCUT2D eigenvalue weighted by atomic mass is 32.2. The van der Waals surface area contributed by atoms with E-state index in [1.165, 1.54) is 0 Å². The molecular weight excluding hydrogens is 407 g/mol. The lowest BCUT2D eigenvalue weighted by Gasteiger charge is -2.28. The van der Waals surface area contributed by atoms with Crippen LogP contribution in [0.15, 0.2) is 41.7 Å². The SMILES string of the molecule is COC(=O)C1=C(OS(=O)(=O)C(F)(F)F)CCN(C(=O)OCc2ccccc2)C1. The molecule has 0 bridgehead atoms. The average Bonchev–Trinajstić information content (AvgIpc) is 2.65. The van der Waals surface area contributed by atoms with Gasteiger partial charge in [0.05, 0.1) is 19.2 Å². The van der Waals surface area contributed by atoms with E-state index in [0.29, 0.717) is 5.56 Å². The molecule has 1 aliphatic heterocycles. The summed E-state index contributed by atoms with van der Waals surface area (Å²) in [4.78, 5) is 25.0. The minimum Gasteiger partial charge on any atom is -0.466 e. The highest BCUT2D eigenvalue weighted by Gasteiger charge is 2.49. The van der Waals surface area contributed by atoms with E-state index in [1.807, 2.05) is 0 Å². The molecule has 12 heteroatoms. The molecule has 0 spiro atoms. The predicted molar refractivity (Wildman–Crippen MR) is 87.9 cm³/mol. The van der Waals surface area contributed by atoms with E-state index in [-0.39, 0.29) is 13.2 Å². The van der Waals surface area contributed by atoms with Gasteiger partial charge in [0.1, 0.15) is 12.4 Å². The fourth-order valence-electron chi connectivity index (χ4n) is 2.29. The number of nitrogens with zero attached hydrogens (tertiary/aromatic N) is 1. The molecule has 0 unspecified atom stereocenters. The average molecular weight is 423 g/mol. The number of rotatable bonds is 5. The van der Waals surface area contributed by atoms with Gasteiger partial charge in [-0.2, -0.15) is 21.6 Å². The summed E-state index contributed by atoms with van der Waals surface area (Å²) in [6.45, 7) is -0.793. The van der Waals surface area contributed by atoms with E-state index in [1.54, 1.807) is 30.3 Å². The number of esters is 1. The second kappa shape index (κ2) is 8.50. The Labute approximate surface area is 158 Å². The molecule has 28 heavy (non-hydrogen) atoms. The highest BCUT2D eigenvalue weighted by molar-refractivity contribution is 7.87. The van der Waals surface area contributed by atoms with Gasteiger partial charge in [0.2, 0.25) is 0 Å². The summed E-state index contributed by atoms with van der Waals surface area (Å²) in [7, 11) is -5.00. The third kappa shape index (κ3) is 5.15. The van der Waals surface area contributed by atoms with Gasteiger partial charge in [-0.25, -0.2) is 9.59 Å². The van der Waals surface area contributed by atoms with Gasteiger partial charge in [0, 0.05) is 13.0 Å². The lowest BCUT2D eigenvalue weighted by atomic mass is 10.1. The maximum atomic E-state index is 12.5. The minimum atomic E-state index is -5.96. The van der Waals surface area contributed by atoms with Crippen LogP contribution in [0.25, 0.3) is 0 Å². The van der Waals surface area contributed by atoms with Crippen molar-refractivity contribution in [2.45, 2.75) is 18.5 Å². The van der Waals surface area contributed by atoms with Gasteiger partial charge >= 0.3 is 27.7 Å². The summed E-state index contributed by atoms with van der Waals surface area (Å²) in [6.07, 6.45) is -1.27. The second-order valence-electron chi connectivity index (χ2n) is 5.59.